The lowest BCUT2D eigenvalue weighted by Gasteiger charge is -2.22. The maximum atomic E-state index is 13.9. The smallest absolute Gasteiger partial charge is 0.294 e. The molecule has 0 aliphatic rings. The van der Waals surface area contributed by atoms with Crippen molar-refractivity contribution in [2.24, 2.45) is 0 Å². The molecule has 0 aliphatic heterocycles. The minimum absolute atomic E-state index is 0.0547. The first-order valence-corrected chi connectivity index (χ1v) is 14.7. The Morgan fingerprint density at radius 1 is 0.875 bits per heavy atom. The van der Waals surface area contributed by atoms with E-state index in [4.69, 9.17) is 0 Å². The van der Waals surface area contributed by atoms with E-state index in [2.05, 4.69) is 4.72 Å². The largest absolute Gasteiger partial charge is 0.305 e. The number of halogens is 1. The molecular formula is C29H26FN3O5S2. The van der Waals surface area contributed by atoms with Crippen LogP contribution in [0.3, 0.4) is 0 Å². The average molecular weight is 580 g/mol. The zero-order chi connectivity index (χ0) is 28.5. The second-order valence-corrected chi connectivity index (χ2v) is 11.7. The van der Waals surface area contributed by atoms with Gasteiger partial charge in [-0.3, -0.25) is 19.8 Å². The van der Waals surface area contributed by atoms with Crippen LogP contribution in [0.15, 0.2) is 113 Å². The van der Waals surface area contributed by atoms with Gasteiger partial charge in [0.25, 0.3) is 15.9 Å². The van der Waals surface area contributed by atoms with Gasteiger partial charge in [0.15, 0.2) is 0 Å². The van der Waals surface area contributed by atoms with Gasteiger partial charge in [0.05, 0.1) is 9.82 Å². The Morgan fingerprint density at radius 2 is 1.48 bits per heavy atom. The van der Waals surface area contributed by atoms with Gasteiger partial charge in [-0.1, -0.05) is 54.6 Å². The molecule has 206 valence electrons. The Balaban J connectivity index is 1.47. The maximum Gasteiger partial charge on any atom is 0.305 e. The highest BCUT2D eigenvalue weighted by Crippen LogP contribution is 2.22. The Morgan fingerprint density at radius 3 is 2.12 bits per heavy atom. The summed E-state index contributed by atoms with van der Waals surface area (Å²) < 4.78 is 41.5. The summed E-state index contributed by atoms with van der Waals surface area (Å²) >= 11 is 1.66. The number of nitrogens with zero attached hydrogens (tertiary/aromatic N) is 2. The van der Waals surface area contributed by atoms with E-state index < -0.39 is 32.4 Å². The maximum absolute atomic E-state index is 13.9. The lowest BCUT2D eigenvalue weighted by Crippen LogP contribution is -2.30. The van der Waals surface area contributed by atoms with Crippen LogP contribution >= 0.6 is 11.8 Å². The number of hydrogen-bond donors (Lipinski definition) is 1. The minimum Gasteiger partial charge on any atom is -0.294 e. The summed E-state index contributed by atoms with van der Waals surface area (Å²) in [6.07, 6.45) is 0. The predicted octanol–water partition coefficient (Wildman–Crippen LogP) is 5.65. The first-order valence-electron chi connectivity index (χ1n) is 12.3. The number of carbonyl (C=O) groups excluding carboxylic acids is 1. The van der Waals surface area contributed by atoms with E-state index in [1.165, 1.54) is 36.4 Å². The van der Waals surface area contributed by atoms with Gasteiger partial charge in [0, 0.05) is 41.9 Å². The number of amides is 1. The monoisotopic (exact) mass is 579 g/mol. The summed E-state index contributed by atoms with van der Waals surface area (Å²) in [4.78, 5) is 25.9. The lowest BCUT2D eigenvalue weighted by molar-refractivity contribution is -0.387. The third-order valence-electron chi connectivity index (χ3n) is 5.94. The van der Waals surface area contributed by atoms with Gasteiger partial charge in [-0.05, 0) is 53.6 Å². The number of rotatable bonds is 12. The Labute approximate surface area is 236 Å². The molecule has 8 nitrogen and oxygen atoms in total. The van der Waals surface area contributed by atoms with Gasteiger partial charge >= 0.3 is 5.69 Å². The number of nitro benzene ring substituents is 1. The molecule has 40 heavy (non-hydrogen) atoms. The zero-order valence-electron chi connectivity index (χ0n) is 21.3. The topological polar surface area (TPSA) is 110 Å². The molecule has 4 rings (SSSR count). The first kappa shape index (κ1) is 28.9. The lowest BCUT2D eigenvalue weighted by atomic mass is 10.1. The molecule has 0 saturated heterocycles. The number of hydrogen-bond acceptors (Lipinski definition) is 7. The number of sulfonamides is 1. The van der Waals surface area contributed by atoms with Crippen molar-refractivity contribution in [2.75, 3.05) is 12.3 Å². The van der Waals surface area contributed by atoms with Crippen LogP contribution in [-0.2, 0) is 23.1 Å². The van der Waals surface area contributed by atoms with Gasteiger partial charge < -0.3 is 0 Å². The quantitative estimate of drug-likeness (QED) is 0.131. The van der Waals surface area contributed by atoms with Crippen molar-refractivity contribution < 1.29 is 22.5 Å². The van der Waals surface area contributed by atoms with Gasteiger partial charge in [0.1, 0.15) is 0 Å². The van der Waals surface area contributed by atoms with Crippen molar-refractivity contribution in [2.45, 2.75) is 22.9 Å². The van der Waals surface area contributed by atoms with E-state index in [0.717, 1.165) is 22.3 Å². The zero-order valence-corrected chi connectivity index (χ0v) is 22.9. The molecule has 0 heterocycles. The number of thioether (sulfide) groups is 1. The van der Waals surface area contributed by atoms with Crippen LogP contribution in [-0.4, -0.2) is 36.4 Å². The molecule has 4 aromatic rings. The Kier molecular flexibility index (Phi) is 9.65. The summed E-state index contributed by atoms with van der Waals surface area (Å²) in [5.41, 5.74) is 1.03. The molecule has 1 N–H and O–H groups in total. The fourth-order valence-electron chi connectivity index (χ4n) is 3.94. The van der Waals surface area contributed by atoms with Crippen molar-refractivity contribution in [1.29, 1.82) is 0 Å². The Hall–Kier alpha value is -4.06. The van der Waals surface area contributed by atoms with E-state index in [-0.39, 0.29) is 10.5 Å². The van der Waals surface area contributed by atoms with Crippen molar-refractivity contribution >= 4 is 33.4 Å². The van der Waals surface area contributed by atoms with Crippen molar-refractivity contribution in [3.05, 3.63) is 136 Å². The fraction of sp³-hybridized carbons (Fsp3) is 0.138. The summed E-state index contributed by atoms with van der Waals surface area (Å²) in [6.45, 7) is 1.35. The SMILES string of the molecule is O=C(NS(=O)(=O)c1ccc(CN(CCSc2ccccc2)Cc2ccc(F)c([N+](=O)[O-])c2)cc1)c1ccccc1. The summed E-state index contributed by atoms with van der Waals surface area (Å²) in [6, 6.07) is 27.9. The van der Waals surface area contributed by atoms with Crippen LogP contribution < -0.4 is 4.72 Å². The number of benzene rings is 4. The van der Waals surface area contributed by atoms with Crippen LogP contribution in [0.5, 0.6) is 0 Å². The highest BCUT2D eigenvalue weighted by atomic mass is 32.2. The molecule has 0 atom stereocenters. The molecule has 0 spiro atoms. The van der Waals surface area contributed by atoms with Crippen LogP contribution in [0, 0.1) is 15.9 Å². The molecule has 0 radical (unpaired) electrons. The van der Waals surface area contributed by atoms with Crippen LogP contribution in [0.2, 0.25) is 0 Å². The molecule has 11 heteroatoms. The molecule has 4 aromatic carbocycles. The summed E-state index contributed by atoms with van der Waals surface area (Å²) in [5.74, 6) is -0.887. The second-order valence-electron chi connectivity index (χ2n) is 8.86. The second kappa shape index (κ2) is 13.3. The predicted molar refractivity (Wildman–Crippen MR) is 152 cm³/mol. The van der Waals surface area contributed by atoms with Gasteiger partial charge in [-0.15, -0.1) is 11.8 Å². The van der Waals surface area contributed by atoms with Gasteiger partial charge in [-0.25, -0.2) is 13.1 Å². The first-order chi connectivity index (χ1) is 19.2. The highest BCUT2D eigenvalue weighted by Gasteiger charge is 2.19. The Bertz CT molecular complexity index is 1570. The molecule has 0 fully saturated rings. The molecule has 0 aromatic heterocycles. The number of nitro groups is 1. The van der Waals surface area contributed by atoms with Crippen molar-refractivity contribution in [1.82, 2.24) is 9.62 Å². The minimum atomic E-state index is -4.08. The molecule has 1 amide bonds. The standard InChI is InChI=1S/C29H26FN3O5S2/c30-27-16-13-23(19-28(27)33(35)36)21-32(17-18-39-25-9-5-2-6-10-25)20-22-11-14-26(15-12-22)40(37,38)31-29(34)24-7-3-1-4-8-24/h1-16,19H,17-18,20-21H2,(H,31,34). The molecule has 0 saturated carbocycles. The summed E-state index contributed by atoms with van der Waals surface area (Å²) in [7, 11) is -4.08. The number of carbonyl (C=O) groups is 1. The van der Waals surface area contributed by atoms with E-state index >= 15 is 0 Å². The molecular weight excluding hydrogens is 553 g/mol. The van der Waals surface area contributed by atoms with E-state index in [1.54, 1.807) is 42.1 Å². The average Bonchev–Trinajstić information content (AvgIpc) is 2.95. The van der Waals surface area contributed by atoms with Crippen LogP contribution in [0.1, 0.15) is 21.5 Å². The van der Waals surface area contributed by atoms with Gasteiger partial charge in [-0.2, -0.15) is 4.39 Å². The number of nitrogens with one attached hydrogen (secondary N) is 1. The van der Waals surface area contributed by atoms with E-state index in [0.29, 0.717) is 25.2 Å². The fourth-order valence-corrected chi connectivity index (χ4v) is 5.85. The van der Waals surface area contributed by atoms with Crippen molar-refractivity contribution in [3.8, 4) is 0 Å². The van der Waals surface area contributed by atoms with Crippen LogP contribution in [0.4, 0.5) is 10.1 Å². The van der Waals surface area contributed by atoms with Crippen molar-refractivity contribution in [3.63, 3.8) is 0 Å². The van der Waals surface area contributed by atoms with Gasteiger partial charge in [0.2, 0.25) is 5.82 Å². The highest BCUT2D eigenvalue weighted by molar-refractivity contribution is 7.99. The molecule has 0 aliphatic carbocycles. The molecule has 0 bridgehead atoms. The van der Waals surface area contributed by atoms with E-state index in [1.807, 2.05) is 35.2 Å². The third-order valence-corrected chi connectivity index (χ3v) is 8.27. The normalized spacial score (nSPS) is 11.3. The third kappa shape index (κ3) is 7.98. The molecule has 0 unspecified atom stereocenters. The van der Waals surface area contributed by atoms with E-state index in [9.17, 15) is 27.7 Å². The summed E-state index contributed by atoms with van der Waals surface area (Å²) in [5, 5.41) is 11.2. The van der Waals surface area contributed by atoms with Crippen LogP contribution in [0.25, 0.3) is 0 Å².